The molecule has 1 heterocycles. The zero-order valence-electron chi connectivity index (χ0n) is 9.49. The lowest BCUT2D eigenvalue weighted by Crippen LogP contribution is -2.23. The number of carbonyl (C=O) groups excluding carboxylic acids is 2. The number of hydrogen-bond donors (Lipinski definition) is 1. The Balaban J connectivity index is 2.19. The molecule has 0 saturated heterocycles. The van der Waals surface area contributed by atoms with Crippen LogP contribution in [0.2, 0.25) is 0 Å². The number of amides is 1. The van der Waals surface area contributed by atoms with Gasteiger partial charge in [0.05, 0.1) is 19.6 Å². The summed E-state index contributed by atoms with van der Waals surface area (Å²) in [4.78, 5) is 23.5. The average Bonchev–Trinajstić information content (AvgIpc) is 2.70. The predicted molar refractivity (Wildman–Crippen MR) is 69.7 cm³/mol. The maximum atomic E-state index is 11.4. The Morgan fingerprint density at radius 2 is 2.24 bits per heavy atom. The van der Waals surface area contributed by atoms with Crippen molar-refractivity contribution in [3.63, 3.8) is 0 Å². The number of rotatable bonds is 6. The van der Waals surface area contributed by atoms with Gasteiger partial charge in [0.25, 0.3) is 0 Å². The number of halogens is 1. The predicted octanol–water partition coefficient (Wildman–Crippen LogP) is 2.47. The summed E-state index contributed by atoms with van der Waals surface area (Å²) in [5.74, 6) is -0.468. The minimum Gasteiger partial charge on any atom is -0.466 e. The monoisotopic (exact) mass is 319 g/mol. The Morgan fingerprint density at radius 1 is 1.47 bits per heavy atom. The van der Waals surface area contributed by atoms with Crippen molar-refractivity contribution in [2.45, 2.75) is 26.3 Å². The van der Waals surface area contributed by atoms with Crippen LogP contribution >= 0.6 is 27.3 Å². The molecule has 1 aromatic rings. The minimum absolute atomic E-state index is 0.133. The minimum atomic E-state index is -0.332. The number of nitrogens with one attached hydrogen (secondary N) is 1. The molecule has 17 heavy (non-hydrogen) atoms. The highest BCUT2D eigenvalue weighted by atomic mass is 79.9. The van der Waals surface area contributed by atoms with Crippen LogP contribution in [0.5, 0.6) is 0 Å². The normalized spacial score (nSPS) is 10.0. The molecular formula is C11H14BrNO3S. The molecule has 0 aromatic carbocycles. The SMILES string of the molecule is CCOC(=O)CCC(=O)NCc1cc(Br)cs1. The van der Waals surface area contributed by atoms with Crippen LogP contribution < -0.4 is 5.32 Å². The Kier molecular flexibility index (Phi) is 6.21. The van der Waals surface area contributed by atoms with Crippen molar-refractivity contribution in [1.29, 1.82) is 0 Å². The maximum Gasteiger partial charge on any atom is 0.306 e. The number of ether oxygens (including phenoxy) is 1. The summed E-state index contributed by atoms with van der Waals surface area (Å²) in [5, 5.41) is 4.71. The third-order valence-corrected chi connectivity index (χ3v) is 3.64. The van der Waals surface area contributed by atoms with E-state index in [1.165, 1.54) is 0 Å². The van der Waals surface area contributed by atoms with Gasteiger partial charge >= 0.3 is 5.97 Å². The van der Waals surface area contributed by atoms with Crippen molar-refractivity contribution in [3.8, 4) is 0 Å². The van der Waals surface area contributed by atoms with Crippen LogP contribution in [0.15, 0.2) is 15.9 Å². The summed E-state index contributed by atoms with van der Waals surface area (Å²) < 4.78 is 5.75. The first kappa shape index (κ1) is 14.2. The van der Waals surface area contributed by atoms with Gasteiger partial charge in [0.2, 0.25) is 5.91 Å². The number of esters is 1. The van der Waals surface area contributed by atoms with Gasteiger partial charge in [-0.25, -0.2) is 0 Å². The summed E-state index contributed by atoms with van der Waals surface area (Å²) in [6.45, 7) is 2.59. The standard InChI is InChI=1S/C11H14BrNO3S/c1-2-16-11(15)4-3-10(14)13-6-9-5-8(12)7-17-9/h5,7H,2-4,6H2,1H3,(H,13,14). The second-order valence-corrected chi connectivity index (χ2v) is 5.22. The Hall–Kier alpha value is -0.880. The highest BCUT2D eigenvalue weighted by molar-refractivity contribution is 9.10. The molecule has 6 heteroatoms. The highest BCUT2D eigenvalue weighted by Crippen LogP contribution is 2.19. The van der Waals surface area contributed by atoms with E-state index >= 15 is 0 Å². The van der Waals surface area contributed by atoms with E-state index in [9.17, 15) is 9.59 Å². The van der Waals surface area contributed by atoms with E-state index in [4.69, 9.17) is 4.74 Å². The Morgan fingerprint density at radius 3 is 2.82 bits per heavy atom. The zero-order chi connectivity index (χ0) is 12.7. The van der Waals surface area contributed by atoms with Crippen molar-refractivity contribution >= 4 is 39.1 Å². The van der Waals surface area contributed by atoms with E-state index < -0.39 is 0 Å². The first-order valence-corrected chi connectivity index (χ1v) is 6.94. The first-order valence-electron chi connectivity index (χ1n) is 5.27. The molecule has 1 amide bonds. The van der Waals surface area contributed by atoms with Gasteiger partial charge in [0.15, 0.2) is 0 Å². The molecule has 0 atom stereocenters. The largest absolute Gasteiger partial charge is 0.466 e. The van der Waals surface area contributed by atoms with Crippen molar-refractivity contribution < 1.29 is 14.3 Å². The van der Waals surface area contributed by atoms with E-state index in [0.717, 1.165) is 9.35 Å². The molecule has 0 bridgehead atoms. The van der Waals surface area contributed by atoms with Gasteiger partial charge < -0.3 is 10.1 Å². The van der Waals surface area contributed by atoms with Gasteiger partial charge in [-0.05, 0) is 28.9 Å². The molecule has 4 nitrogen and oxygen atoms in total. The topological polar surface area (TPSA) is 55.4 Å². The molecule has 1 aromatic heterocycles. The van der Waals surface area contributed by atoms with Crippen LogP contribution in [0, 0.1) is 0 Å². The number of hydrogen-bond acceptors (Lipinski definition) is 4. The molecule has 94 valence electrons. The molecule has 0 aliphatic carbocycles. The zero-order valence-corrected chi connectivity index (χ0v) is 11.9. The van der Waals surface area contributed by atoms with Crippen LogP contribution in [0.3, 0.4) is 0 Å². The molecule has 0 aliphatic heterocycles. The van der Waals surface area contributed by atoms with Crippen LogP contribution in [0.25, 0.3) is 0 Å². The smallest absolute Gasteiger partial charge is 0.306 e. The summed E-state index contributed by atoms with van der Waals surface area (Å²) in [6, 6.07) is 1.95. The molecule has 0 radical (unpaired) electrons. The van der Waals surface area contributed by atoms with Gasteiger partial charge in [0, 0.05) is 21.2 Å². The van der Waals surface area contributed by atoms with Gasteiger partial charge in [0.1, 0.15) is 0 Å². The van der Waals surface area contributed by atoms with Gasteiger partial charge in [-0.2, -0.15) is 0 Å². The summed E-state index contributed by atoms with van der Waals surface area (Å²) >= 11 is 4.91. The fraction of sp³-hybridized carbons (Fsp3) is 0.455. The molecule has 1 rings (SSSR count). The van der Waals surface area contributed by atoms with E-state index in [0.29, 0.717) is 13.2 Å². The second kappa shape index (κ2) is 7.45. The molecule has 0 unspecified atom stereocenters. The van der Waals surface area contributed by atoms with Gasteiger partial charge in [-0.3, -0.25) is 9.59 Å². The van der Waals surface area contributed by atoms with E-state index in [1.807, 2.05) is 11.4 Å². The summed E-state index contributed by atoms with van der Waals surface area (Å²) in [7, 11) is 0. The Labute approximate surface area is 112 Å². The number of thiophene rings is 1. The van der Waals surface area contributed by atoms with Crippen LogP contribution in [0.1, 0.15) is 24.6 Å². The second-order valence-electron chi connectivity index (χ2n) is 3.31. The number of carbonyl (C=O) groups is 2. The van der Waals surface area contributed by atoms with Crippen LogP contribution in [-0.2, 0) is 20.9 Å². The molecule has 0 aliphatic rings. The van der Waals surface area contributed by atoms with Gasteiger partial charge in [-0.15, -0.1) is 11.3 Å². The van der Waals surface area contributed by atoms with Crippen LogP contribution in [-0.4, -0.2) is 18.5 Å². The maximum absolute atomic E-state index is 11.4. The van der Waals surface area contributed by atoms with E-state index in [2.05, 4.69) is 21.2 Å². The first-order chi connectivity index (χ1) is 8.11. The van der Waals surface area contributed by atoms with Crippen LogP contribution in [0.4, 0.5) is 0 Å². The lowest BCUT2D eigenvalue weighted by Gasteiger charge is -2.03. The molecule has 0 fully saturated rings. The van der Waals surface area contributed by atoms with Crippen molar-refractivity contribution in [3.05, 3.63) is 20.8 Å². The molecule has 0 saturated carbocycles. The van der Waals surface area contributed by atoms with Crippen molar-refractivity contribution in [2.24, 2.45) is 0 Å². The fourth-order valence-electron chi connectivity index (χ4n) is 1.17. The fourth-order valence-corrected chi connectivity index (χ4v) is 2.56. The third-order valence-electron chi connectivity index (χ3n) is 1.94. The van der Waals surface area contributed by atoms with E-state index in [-0.39, 0.29) is 24.7 Å². The van der Waals surface area contributed by atoms with Crippen molar-refractivity contribution in [2.75, 3.05) is 6.61 Å². The van der Waals surface area contributed by atoms with Gasteiger partial charge in [-0.1, -0.05) is 0 Å². The lowest BCUT2D eigenvalue weighted by atomic mass is 10.3. The molecular weight excluding hydrogens is 306 g/mol. The molecule has 0 spiro atoms. The summed E-state index contributed by atoms with van der Waals surface area (Å²) in [6.07, 6.45) is 0.305. The summed E-state index contributed by atoms with van der Waals surface area (Å²) in [5.41, 5.74) is 0. The average molecular weight is 320 g/mol. The quantitative estimate of drug-likeness (QED) is 0.819. The van der Waals surface area contributed by atoms with E-state index in [1.54, 1.807) is 18.3 Å². The lowest BCUT2D eigenvalue weighted by molar-refractivity contribution is -0.144. The third kappa shape index (κ3) is 5.83. The highest BCUT2D eigenvalue weighted by Gasteiger charge is 2.07. The Bertz CT molecular complexity index is 392. The molecule has 1 N–H and O–H groups in total. The van der Waals surface area contributed by atoms with Crippen molar-refractivity contribution in [1.82, 2.24) is 5.32 Å².